The number of nitrogens with zero attached hydrogens (tertiary/aromatic N) is 1. The van der Waals surface area contributed by atoms with Crippen LogP contribution < -0.4 is 0 Å². The molecule has 0 unspecified atom stereocenters. The molecule has 0 spiro atoms. The highest BCUT2D eigenvalue weighted by Crippen LogP contribution is 2.41. The third kappa shape index (κ3) is 1.50. The number of aryl methyl sites for hydroxylation is 1. The molecule has 1 heterocycles. The summed E-state index contributed by atoms with van der Waals surface area (Å²) >= 11 is 6.20. The molecule has 72 valence electrons. The van der Waals surface area contributed by atoms with Crippen LogP contribution in [0.4, 0.5) is 0 Å². The first-order chi connectivity index (χ1) is 6.11. The van der Waals surface area contributed by atoms with Crippen molar-refractivity contribution in [3.63, 3.8) is 0 Å². The third-order valence-electron chi connectivity index (χ3n) is 2.68. The highest BCUT2D eigenvalue weighted by atomic mass is 35.5. The molecule has 2 rings (SSSR count). The molecular weight excluding hydrogens is 182 g/mol. The van der Waals surface area contributed by atoms with Crippen molar-refractivity contribution in [2.45, 2.75) is 45.6 Å². The molecule has 1 aliphatic carbocycles. The lowest BCUT2D eigenvalue weighted by Gasteiger charge is -2.13. The van der Waals surface area contributed by atoms with Gasteiger partial charge in [0.05, 0.1) is 5.02 Å². The van der Waals surface area contributed by atoms with Gasteiger partial charge in [-0.05, 0) is 31.7 Å². The van der Waals surface area contributed by atoms with Crippen molar-refractivity contribution in [3.05, 3.63) is 22.5 Å². The van der Waals surface area contributed by atoms with Gasteiger partial charge in [0.1, 0.15) is 0 Å². The van der Waals surface area contributed by atoms with Gasteiger partial charge in [0, 0.05) is 17.4 Å². The summed E-state index contributed by atoms with van der Waals surface area (Å²) in [5, 5.41) is 0.944. The molecule has 0 bridgehead atoms. The van der Waals surface area contributed by atoms with E-state index in [1.165, 1.54) is 24.2 Å². The molecule has 2 heteroatoms. The van der Waals surface area contributed by atoms with Gasteiger partial charge in [-0.3, -0.25) is 0 Å². The summed E-state index contributed by atoms with van der Waals surface area (Å²) in [5.74, 6) is 0.529. The van der Waals surface area contributed by atoms with Crippen LogP contribution in [0.2, 0.25) is 5.02 Å². The van der Waals surface area contributed by atoms with Gasteiger partial charge in [-0.15, -0.1) is 0 Å². The van der Waals surface area contributed by atoms with Crippen molar-refractivity contribution in [3.8, 4) is 0 Å². The van der Waals surface area contributed by atoms with Gasteiger partial charge in [0.25, 0.3) is 0 Å². The number of aromatic nitrogens is 1. The lowest BCUT2D eigenvalue weighted by Crippen LogP contribution is -2.04. The lowest BCUT2D eigenvalue weighted by atomic mass is 10.1. The van der Waals surface area contributed by atoms with Gasteiger partial charge in [0.15, 0.2) is 0 Å². The Morgan fingerprint density at radius 2 is 2.08 bits per heavy atom. The summed E-state index contributed by atoms with van der Waals surface area (Å²) in [6.45, 7) is 6.56. The summed E-state index contributed by atoms with van der Waals surface area (Å²) in [6, 6.07) is 2.83. The number of rotatable bonds is 2. The van der Waals surface area contributed by atoms with E-state index in [1.807, 2.05) is 0 Å². The SMILES string of the molecule is Cc1cc(Cl)c(C(C)C)n1C1CC1. The van der Waals surface area contributed by atoms with E-state index in [2.05, 4.69) is 31.4 Å². The van der Waals surface area contributed by atoms with Crippen molar-refractivity contribution >= 4 is 11.6 Å². The Labute approximate surface area is 84.7 Å². The van der Waals surface area contributed by atoms with Gasteiger partial charge in [-0.25, -0.2) is 0 Å². The summed E-state index contributed by atoms with van der Waals surface area (Å²) in [7, 11) is 0. The van der Waals surface area contributed by atoms with Crippen molar-refractivity contribution in [2.75, 3.05) is 0 Å². The predicted molar refractivity (Wildman–Crippen MR) is 56.5 cm³/mol. The Morgan fingerprint density at radius 1 is 1.46 bits per heavy atom. The van der Waals surface area contributed by atoms with Gasteiger partial charge < -0.3 is 4.57 Å². The summed E-state index contributed by atoms with van der Waals surface area (Å²) < 4.78 is 2.42. The van der Waals surface area contributed by atoms with Crippen LogP contribution in [-0.2, 0) is 0 Å². The molecule has 1 aliphatic rings. The second kappa shape index (κ2) is 3.06. The molecule has 1 aromatic rings. The third-order valence-corrected chi connectivity index (χ3v) is 2.98. The monoisotopic (exact) mass is 197 g/mol. The molecule has 0 aliphatic heterocycles. The maximum Gasteiger partial charge on any atom is 0.0620 e. The Balaban J connectivity index is 2.49. The maximum atomic E-state index is 6.20. The Kier molecular flexibility index (Phi) is 2.15. The summed E-state index contributed by atoms with van der Waals surface area (Å²) in [6.07, 6.45) is 2.65. The molecule has 1 fully saturated rings. The normalized spacial score (nSPS) is 17.0. The summed E-state index contributed by atoms with van der Waals surface area (Å²) in [5.41, 5.74) is 2.64. The van der Waals surface area contributed by atoms with Gasteiger partial charge >= 0.3 is 0 Å². The van der Waals surface area contributed by atoms with E-state index in [9.17, 15) is 0 Å². The molecule has 0 atom stereocenters. The van der Waals surface area contributed by atoms with Gasteiger partial charge in [-0.1, -0.05) is 25.4 Å². The minimum absolute atomic E-state index is 0.529. The van der Waals surface area contributed by atoms with Crippen LogP contribution in [0, 0.1) is 6.92 Å². The highest BCUT2D eigenvalue weighted by Gasteiger charge is 2.28. The quantitative estimate of drug-likeness (QED) is 0.678. The van der Waals surface area contributed by atoms with Crippen molar-refractivity contribution in [1.29, 1.82) is 0 Å². The van der Waals surface area contributed by atoms with E-state index in [4.69, 9.17) is 11.6 Å². The minimum atomic E-state index is 0.529. The molecule has 1 nitrogen and oxygen atoms in total. The van der Waals surface area contributed by atoms with E-state index in [1.54, 1.807) is 0 Å². The zero-order chi connectivity index (χ0) is 9.59. The Bertz CT molecular complexity index is 299. The summed E-state index contributed by atoms with van der Waals surface area (Å²) in [4.78, 5) is 0. The topological polar surface area (TPSA) is 4.93 Å². The zero-order valence-corrected chi connectivity index (χ0v) is 9.23. The maximum absolute atomic E-state index is 6.20. The fraction of sp³-hybridized carbons (Fsp3) is 0.636. The van der Waals surface area contributed by atoms with Crippen LogP contribution in [0.1, 0.15) is 50.0 Å². The van der Waals surface area contributed by atoms with Crippen LogP contribution in [0.5, 0.6) is 0 Å². The average molecular weight is 198 g/mol. The van der Waals surface area contributed by atoms with E-state index in [0.717, 1.165) is 11.1 Å². The van der Waals surface area contributed by atoms with E-state index >= 15 is 0 Å². The Morgan fingerprint density at radius 3 is 2.54 bits per heavy atom. The second-order valence-electron chi connectivity index (χ2n) is 4.27. The van der Waals surface area contributed by atoms with E-state index < -0.39 is 0 Å². The molecule has 0 N–H and O–H groups in total. The Hall–Kier alpha value is -0.430. The number of hydrogen-bond acceptors (Lipinski definition) is 0. The first-order valence-corrected chi connectivity index (χ1v) is 5.36. The van der Waals surface area contributed by atoms with E-state index in [0.29, 0.717) is 5.92 Å². The minimum Gasteiger partial charge on any atom is -0.344 e. The molecule has 1 saturated carbocycles. The van der Waals surface area contributed by atoms with Crippen molar-refractivity contribution in [1.82, 2.24) is 4.57 Å². The lowest BCUT2D eigenvalue weighted by molar-refractivity contribution is 0.644. The standard InChI is InChI=1S/C11H16ClN/c1-7(2)11-10(12)6-8(3)13(11)9-4-5-9/h6-7,9H,4-5H2,1-3H3. The predicted octanol–water partition coefficient (Wildman–Crippen LogP) is 3.91. The van der Waals surface area contributed by atoms with Crippen LogP contribution in [0.3, 0.4) is 0 Å². The van der Waals surface area contributed by atoms with Crippen molar-refractivity contribution in [2.24, 2.45) is 0 Å². The fourth-order valence-electron chi connectivity index (χ4n) is 2.00. The largest absolute Gasteiger partial charge is 0.344 e. The first-order valence-electron chi connectivity index (χ1n) is 4.98. The molecule has 0 amide bonds. The second-order valence-corrected chi connectivity index (χ2v) is 4.68. The van der Waals surface area contributed by atoms with Crippen LogP contribution in [0.25, 0.3) is 0 Å². The van der Waals surface area contributed by atoms with Crippen LogP contribution >= 0.6 is 11.6 Å². The van der Waals surface area contributed by atoms with Crippen molar-refractivity contribution < 1.29 is 0 Å². The molecule has 0 saturated heterocycles. The molecular formula is C11H16ClN. The first kappa shape index (κ1) is 9.14. The average Bonchev–Trinajstić information content (AvgIpc) is 2.77. The molecule has 0 radical (unpaired) electrons. The molecule has 13 heavy (non-hydrogen) atoms. The van der Waals surface area contributed by atoms with Crippen LogP contribution in [-0.4, -0.2) is 4.57 Å². The van der Waals surface area contributed by atoms with Gasteiger partial charge in [-0.2, -0.15) is 0 Å². The molecule has 0 aromatic carbocycles. The van der Waals surface area contributed by atoms with E-state index in [-0.39, 0.29) is 0 Å². The highest BCUT2D eigenvalue weighted by molar-refractivity contribution is 6.31. The molecule has 1 aromatic heterocycles. The fourth-order valence-corrected chi connectivity index (χ4v) is 2.47. The smallest absolute Gasteiger partial charge is 0.0620 e. The number of halogens is 1. The van der Waals surface area contributed by atoms with Gasteiger partial charge in [0.2, 0.25) is 0 Å². The van der Waals surface area contributed by atoms with Crippen LogP contribution in [0.15, 0.2) is 6.07 Å². The number of hydrogen-bond donors (Lipinski definition) is 0. The zero-order valence-electron chi connectivity index (χ0n) is 8.47.